The number of carbonyl (C=O) groups is 1. The molecule has 2 aliphatic rings. The van der Waals surface area contributed by atoms with Crippen LogP contribution in [0.5, 0.6) is 23.0 Å². The van der Waals surface area contributed by atoms with Crippen LogP contribution in [0.25, 0.3) is 6.08 Å². The van der Waals surface area contributed by atoms with Gasteiger partial charge in [-0.15, -0.1) is 0 Å². The Morgan fingerprint density at radius 2 is 1.82 bits per heavy atom. The van der Waals surface area contributed by atoms with Gasteiger partial charge in [0.05, 0.1) is 25.3 Å². The number of aryl methyl sites for hydroxylation is 1. The maximum atomic E-state index is 13.3. The van der Waals surface area contributed by atoms with Crippen LogP contribution in [0.2, 0.25) is 5.02 Å². The summed E-state index contributed by atoms with van der Waals surface area (Å²) >= 11 is 6.01. The van der Waals surface area contributed by atoms with Crippen molar-refractivity contribution in [3.63, 3.8) is 0 Å². The van der Waals surface area contributed by atoms with E-state index in [-0.39, 0.29) is 11.5 Å². The fourth-order valence-electron chi connectivity index (χ4n) is 4.32. The zero-order valence-corrected chi connectivity index (χ0v) is 19.9. The highest BCUT2D eigenvalue weighted by Gasteiger charge is 2.35. The number of fused-ring (bicyclic) bond motifs is 3. The first kappa shape index (κ1) is 22.3. The molecule has 3 aromatic carbocycles. The molecule has 0 fully saturated rings. The second-order valence-corrected chi connectivity index (χ2v) is 8.75. The van der Waals surface area contributed by atoms with Crippen molar-refractivity contribution in [2.45, 2.75) is 20.0 Å². The summed E-state index contributed by atoms with van der Waals surface area (Å²) < 4.78 is 22.9. The smallest absolute Gasteiger partial charge is 0.232 e. The number of ether oxygens (including phenoxy) is 4. The molecule has 0 bridgehead atoms. The Balaban J connectivity index is 1.45. The summed E-state index contributed by atoms with van der Waals surface area (Å²) in [4.78, 5) is 15.4. The average molecular weight is 478 g/mol. The van der Waals surface area contributed by atoms with E-state index >= 15 is 0 Å². The highest BCUT2D eigenvalue weighted by molar-refractivity contribution is 6.30. The first-order valence-corrected chi connectivity index (χ1v) is 11.3. The largest absolute Gasteiger partial charge is 0.493 e. The van der Waals surface area contributed by atoms with Crippen LogP contribution in [0.3, 0.4) is 0 Å². The second-order valence-electron chi connectivity index (χ2n) is 8.32. The molecule has 0 amide bonds. The van der Waals surface area contributed by atoms with E-state index in [4.69, 9.17) is 30.5 Å². The minimum absolute atomic E-state index is 0.139. The zero-order valence-electron chi connectivity index (χ0n) is 19.2. The number of benzene rings is 3. The number of halogens is 1. The number of ketones is 1. The number of rotatable bonds is 5. The zero-order chi connectivity index (χ0) is 23.8. The van der Waals surface area contributed by atoms with Crippen molar-refractivity contribution in [2.75, 3.05) is 21.0 Å². The van der Waals surface area contributed by atoms with Crippen LogP contribution in [0.15, 0.2) is 54.3 Å². The Labute approximate surface area is 203 Å². The van der Waals surface area contributed by atoms with Gasteiger partial charge in [0.15, 0.2) is 17.3 Å². The van der Waals surface area contributed by atoms with Gasteiger partial charge in [-0.25, -0.2) is 0 Å². The molecule has 0 spiro atoms. The van der Waals surface area contributed by atoms with Crippen LogP contribution in [-0.2, 0) is 13.1 Å². The summed E-state index contributed by atoms with van der Waals surface area (Å²) in [6.45, 7) is 3.67. The lowest BCUT2D eigenvalue weighted by Gasteiger charge is -2.30. The van der Waals surface area contributed by atoms with Gasteiger partial charge in [-0.3, -0.25) is 9.69 Å². The number of methoxy groups -OCH3 is 2. The Morgan fingerprint density at radius 3 is 2.56 bits per heavy atom. The van der Waals surface area contributed by atoms with E-state index in [2.05, 4.69) is 4.90 Å². The summed E-state index contributed by atoms with van der Waals surface area (Å²) in [6.07, 6.45) is 1.73. The first-order chi connectivity index (χ1) is 16.5. The third-order valence-corrected chi connectivity index (χ3v) is 6.26. The molecule has 0 saturated carbocycles. The van der Waals surface area contributed by atoms with E-state index in [9.17, 15) is 4.79 Å². The average Bonchev–Trinajstić information content (AvgIpc) is 3.17. The first-order valence-electron chi connectivity index (χ1n) is 10.9. The Bertz CT molecular complexity index is 1300. The quantitative estimate of drug-likeness (QED) is 0.444. The third-order valence-electron chi connectivity index (χ3n) is 6.01. The van der Waals surface area contributed by atoms with Crippen molar-refractivity contribution in [3.05, 3.63) is 87.1 Å². The van der Waals surface area contributed by atoms with Crippen molar-refractivity contribution >= 4 is 23.5 Å². The molecule has 3 aromatic rings. The van der Waals surface area contributed by atoms with E-state index in [1.165, 1.54) is 0 Å². The van der Waals surface area contributed by atoms with Gasteiger partial charge in [0.1, 0.15) is 18.2 Å². The van der Waals surface area contributed by atoms with E-state index in [0.29, 0.717) is 47.7 Å². The predicted octanol–water partition coefficient (Wildman–Crippen LogP) is 5.63. The molecule has 7 heteroatoms. The Hall–Kier alpha value is -3.48. The molecule has 0 N–H and O–H groups in total. The van der Waals surface area contributed by atoms with E-state index in [0.717, 1.165) is 28.0 Å². The summed E-state index contributed by atoms with van der Waals surface area (Å²) in [5.74, 6) is 2.67. The summed E-state index contributed by atoms with van der Waals surface area (Å²) in [7, 11) is 3.16. The predicted molar refractivity (Wildman–Crippen MR) is 130 cm³/mol. The monoisotopic (exact) mass is 477 g/mol. The van der Waals surface area contributed by atoms with Gasteiger partial charge in [0, 0.05) is 18.1 Å². The van der Waals surface area contributed by atoms with Crippen molar-refractivity contribution in [1.82, 2.24) is 4.90 Å². The number of carbonyl (C=O) groups excluding carboxylic acids is 1. The summed E-state index contributed by atoms with van der Waals surface area (Å²) in [6, 6.07) is 15.1. The molecular weight excluding hydrogens is 454 g/mol. The topological polar surface area (TPSA) is 57.2 Å². The van der Waals surface area contributed by atoms with Gasteiger partial charge in [0.2, 0.25) is 5.78 Å². The van der Waals surface area contributed by atoms with Gasteiger partial charge in [-0.2, -0.15) is 0 Å². The molecule has 0 aromatic heterocycles. The standard InChI is InChI=1S/C27H24ClNO5/c1-16-10-22-20(14-29(15-33-22)13-17-4-7-19(28)8-5-17)27-25(16)26(30)24(34-27)12-18-6-9-21(31-2)23(11-18)32-3/h4-12H,13-15H2,1-3H3/b24-12-. The maximum absolute atomic E-state index is 13.3. The molecule has 0 unspecified atom stereocenters. The minimum atomic E-state index is -0.139. The van der Waals surface area contributed by atoms with Crippen molar-refractivity contribution in [1.29, 1.82) is 0 Å². The van der Waals surface area contributed by atoms with Crippen LogP contribution in [0.4, 0.5) is 0 Å². The van der Waals surface area contributed by atoms with Crippen LogP contribution in [0, 0.1) is 6.92 Å². The van der Waals surface area contributed by atoms with Gasteiger partial charge in [0.25, 0.3) is 0 Å². The van der Waals surface area contributed by atoms with Gasteiger partial charge in [-0.05, 0) is 60.0 Å². The number of hydrogen-bond donors (Lipinski definition) is 0. The molecule has 0 aliphatic carbocycles. The Morgan fingerprint density at radius 1 is 1.06 bits per heavy atom. The summed E-state index contributed by atoms with van der Waals surface area (Å²) in [5, 5.41) is 0.706. The molecular formula is C27H24ClNO5. The fourth-order valence-corrected chi connectivity index (χ4v) is 4.45. The van der Waals surface area contributed by atoms with Gasteiger partial charge in [-0.1, -0.05) is 29.8 Å². The van der Waals surface area contributed by atoms with Crippen LogP contribution in [0.1, 0.15) is 32.6 Å². The van der Waals surface area contributed by atoms with E-state index < -0.39 is 0 Å². The van der Waals surface area contributed by atoms with E-state index in [1.54, 1.807) is 26.4 Å². The Kier molecular flexibility index (Phi) is 5.94. The number of allylic oxidation sites excluding steroid dienone is 1. The van der Waals surface area contributed by atoms with Gasteiger partial charge < -0.3 is 18.9 Å². The molecule has 0 atom stereocenters. The molecule has 2 heterocycles. The second kappa shape index (κ2) is 9.05. The normalized spacial score (nSPS) is 16.0. The molecule has 5 rings (SSSR count). The summed E-state index contributed by atoms with van der Waals surface area (Å²) in [5.41, 5.74) is 4.21. The minimum Gasteiger partial charge on any atom is -0.493 e. The lowest BCUT2D eigenvalue weighted by molar-refractivity contribution is 0.0872. The molecule has 0 saturated heterocycles. The van der Waals surface area contributed by atoms with Gasteiger partial charge >= 0.3 is 0 Å². The molecule has 6 nitrogen and oxygen atoms in total. The van der Waals surface area contributed by atoms with Crippen LogP contribution < -0.4 is 18.9 Å². The maximum Gasteiger partial charge on any atom is 0.232 e. The number of nitrogens with zero attached hydrogens (tertiary/aromatic N) is 1. The van der Waals surface area contributed by atoms with Crippen LogP contribution >= 0.6 is 11.6 Å². The SMILES string of the molecule is COc1ccc(/C=C2\Oc3c4c(cc(C)c3C2=O)OCN(Cc2ccc(Cl)cc2)C4)cc1OC. The molecule has 0 radical (unpaired) electrons. The number of Topliss-reactive ketones (excluding diaryl/α,β-unsaturated/α-hetero) is 1. The van der Waals surface area contributed by atoms with Crippen molar-refractivity contribution in [3.8, 4) is 23.0 Å². The lowest BCUT2D eigenvalue weighted by atomic mass is 9.98. The highest BCUT2D eigenvalue weighted by atomic mass is 35.5. The number of hydrogen-bond acceptors (Lipinski definition) is 6. The fraction of sp³-hybridized carbons (Fsp3) is 0.222. The third kappa shape index (κ3) is 4.11. The molecule has 174 valence electrons. The van der Waals surface area contributed by atoms with Crippen LogP contribution in [-0.4, -0.2) is 31.6 Å². The van der Waals surface area contributed by atoms with E-state index in [1.807, 2.05) is 49.4 Å². The van der Waals surface area contributed by atoms with Crippen molar-refractivity contribution in [2.24, 2.45) is 0 Å². The lowest BCUT2D eigenvalue weighted by Crippen LogP contribution is -2.31. The molecule has 2 aliphatic heterocycles. The molecule has 34 heavy (non-hydrogen) atoms. The van der Waals surface area contributed by atoms with Crippen molar-refractivity contribution < 1.29 is 23.7 Å². The highest BCUT2D eigenvalue weighted by Crippen LogP contribution is 2.44.